The van der Waals surface area contributed by atoms with Gasteiger partial charge in [0, 0.05) is 12.6 Å². The van der Waals surface area contributed by atoms with Gasteiger partial charge in [-0.25, -0.2) is 0 Å². The lowest BCUT2D eigenvalue weighted by Crippen LogP contribution is -2.45. The zero-order chi connectivity index (χ0) is 13.0. The summed E-state index contributed by atoms with van der Waals surface area (Å²) in [4.78, 5) is 16.7. The third kappa shape index (κ3) is 3.23. The summed E-state index contributed by atoms with van der Waals surface area (Å²) in [5.74, 6) is 0.322. The predicted molar refractivity (Wildman–Crippen MR) is 73.3 cm³/mol. The Morgan fingerprint density at radius 1 is 1.39 bits per heavy atom. The van der Waals surface area contributed by atoms with E-state index in [9.17, 15) is 4.79 Å². The number of likely N-dealkylation sites (tertiary alicyclic amines) is 1. The van der Waals surface area contributed by atoms with Gasteiger partial charge in [-0.2, -0.15) is 0 Å². The van der Waals surface area contributed by atoms with Crippen molar-refractivity contribution in [2.24, 2.45) is 0 Å². The van der Waals surface area contributed by atoms with Crippen molar-refractivity contribution >= 4 is 5.91 Å². The molecule has 0 saturated carbocycles. The minimum absolute atomic E-state index is 0.0823. The Hall–Kier alpha value is -0.610. The quantitative estimate of drug-likeness (QED) is 0.805. The number of carbonyl (C=O) groups excluding carboxylic acids is 1. The number of rotatable bonds is 5. The standard InChI is InChI=1S/C14H27N3O/c1-3-4-8-13-14(18)17(11-15-13)10-12-7-5-6-9-16(12)2/h12-13,15H,3-11H2,1-2H3. The van der Waals surface area contributed by atoms with Crippen LogP contribution in [0.15, 0.2) is 0 Å². The summed E-state index contributed by atoms with van der Waals surface area (Å²) < 4.78 is 0. The van der Waals surface area contributed by atoms with Gasteiger partial charge in [0.1, 0.15) is 0 Å². The molecular formula is C14H27N3O. The maximum atomic E-state index is 12.2. The molecule has 2 rings (SSSR count). The molecule has 2 fully saturated rings. The Kier molecular flexibility index (Phi) is 5.01. The normalized spacial score (nSPS) is 30.1. The van der Waals surface area contributed by atoms with E-state index in [-0.39, 0.29) is 6.04 Å². The van der Waals surface area contributed by atoms with Crippen molar-refractivity contribution in [1.29, 1.82) is 0 Å². The molecule has 0 aromatic carbocycles. The molecule has 104 valence electrons. The minimum atomic E-state index is 0.0823. The summed E-state index contributed by atoms with van der Waals surface area (Å²) in [6.07, 6.45) is 7.14. The molecule has 0 bridgehead atoms. The second kappa shape index (κ2) is 6.53. The number of nitrogens with zero attached hydrogens (tertiary/aromatic N) is 2. The molecule has 2 unspecified atom stereocenters. The van der Waals surface area contributed by atoms with Crippen molar-refractivity contribution in [3.63, 3.8) is 0 Å². The number of nitrogens with one attached hydrogen (secondary N) is 1. The van der Waals surface area contributed by atoms with Crippen LogP contribution in [0.25, 0.3) is 0 Å². The van der Waals surface area contributed by atoms with Crippen LogP contribution in [0.1, 0.15) is 45.4 Å². The molecule has 2 aliphatic rings. The Bertz CT molecular complexity index is 282. The van der Waals surface area contributed by atoms with Crippen LogP contribution in [-0.2, 0) is 4.79 Å². The van der Waals surface area contributed by atoms with E-state index in [1.807, 2.05) is 4.90 Å². The van der Waals surface area contributed by atoms with Crippen molar-refractivity contribution < 1.29 is 4.79 Å². The van der Waals surface area contributed by atoms with Gasteiger partial charge in [0.2, 0.25) is 5.91 Å². The van der Waals surface area contributed by atoms with Crippen LogP contribution in [0, 0.1) is 0 Å². The minimum Gasteiger partial charge on any atom is -0.327 e. The summed E-state index contributed by atoms with van der Waals surface area (Å²) in [5.41, 5.74) is 0. The Labute approximate surface area is 111 Å². The number of hydrogen-bond donors (Lipinski definition) is 1. The number of hydrogen-bond acceptors (Lipinski definition) is 3. The van der Waals surface area contributed by atoms with Gasteiger partial charge in [-0.05, 0) is 32.9 Å². The van der Waals surface area contributed by atoms with E-state index >= 15 is 0 Å². The Balaban J connectivity index is 1.81. The maximum Gasteiger partial charge on any atom is 0.240 e. The second-order valence-electron chi connectivity index (χ2n) is 5.75. The van der Waals surface area contributed by atoms with E-state index in [0.29, 0.717) is 11.9 Å². The molecule has 2 heterocycles. The van der Waals surface area contributed by atoms with Gasteiger partial charge in [0.25, 0.3) is 0 Å². The van der Waals surface area contributed by atoms with E-state index < -0.39 is 0 Å². The lowest BCUT2D eigenvalue weighted by Gasteiger charge is -2.34. The topological polar surface area (TPSA) is 35.6 Å². The number of carbonyl (C=O) groups is 1. The molecular weight excluding hydrogens is 226 g/mol. The second-order valence-corrected chi connectivity index (χ2v) is 5.75. The van der Waals surface area contributed by atoms with Crippen LogP contribution >= 0.6 is 0 Å². The van der Waals surface area contributed by atoms with Gasteiger partial charge >= 0.3 is 0 Å². The molecule has 2 aliphatic heterocycles. The summed E-state index contributed by atoms with van der Waals surface area (Å²) >= 11 is 0. The molecule has 18 heavy (non-hydrogen) atoms. The Morgan fingerprint density at radius 3 is 2.94 bits per heavy atom. The number of amides is 1. The van der Waals surface area contributed by atoms with Gasteiger partial charge in [-0.3, -0.25) is 10.1 Å². The molecule has 0 spiro atoms. The number of unbranched alkanes of at least 4 members (excludes halogenated alkanes) is 1. The Morgan fingerprint density at radius 2 is 2.22 bits per heavy atom. The zero-order valence-electron chi connectivity index (χ0n) is 11.8. The van der Waals surface area contributed by atoms with Crippen LogP contribution in [0.4, 0.5) is 0 Å². The monoisotopic (exact) mass is 253 g/mol. The number of piperidine rings is 1. The molecule has 1 amide bonds. The average Bonchev–Trinajstić information content (AvgIpc) is 2.71. The fourth-order valence-corrected chi connectivity index (χ4v) is 3.02. The molecule has 4 heteroatoms. The van der Waals surface area contributed by atoms with E-state index in [1.54, 1.807) is 0 Å². The fourth-order valence-electron chi connectivity index (χ4n) is 3.02. The maximum absolute atomic E-state index is 12.2. The van der Waals surface area contributed by atoms with E-state index in [0.717, 1.165) is 32.5 Å². The van der Waals surface area contributed by atoms with Crippen LogP contribution < -0.4 is 5.32 Å². The molecule has 1 N–H and O–H groups in total. The first-order chi connectivity index (χ1) is 8.72. The van der Waals surface area contributed by atoms with Gasteiger partial charge in [-0.15, -0.1) is 0 Å². The summed E-state index contributed by atoms with van der Waals surface area (Å²) in [5, 5.41) is 3.35. The highest BCUT2D eigenvalue weighted by atomic mass is 16.2. The molecule has 2 atom stereocenters. The predicted octanol–water partition coefficient (Wildman–Crippen LogP) is 1.42. The van der Waals surface area contributed by atoms with Crippen molar-refractivity contribution in [1.82, 2.24) is 15.1 Å². The average molecular weight is 253 g/mol. The molecule has 4 nitrogen and oxygen atoms in total. The van der Waals surface area contributed by atoms with Gasteiger partial charge in [-0.1, -0.05) is 26.2 Å². The van der Waals surface area contributed by atoms with Gasteiger partial charge < -0.3 is 9.80 Å². The zero-order valence-corrected chi connectivity index (χ0v) is 11.8. The highest BCUT2D eigenvalue weighted by Crippen LogP contribution is 2.18. The third-order valence-corrected chi connectivity index (χ3v) is 4.34. The third-order valence-electron chi connectivity index (χ3n) is 4.34. The first-order valence-corrected chi connectivity index (χ1v) is 7.44. The van der Waals surface area contributed by atoms with Crippen LogP contribution in [0.3, 0.4) is 0 Å². The first-order valence-electron chi connectivity index (χ1n) is 7.44. The smallest absolute Gasteiger partial charge is 0.240 e. The molecule has 0 aromatic rings. The lowest BCUT2D eigenvalue weighted by molar-refractivity contribution is -0.129. The summed E-state index contributed by atoms with van der Waals surface area (Å²) in [6, 6.07) is 0.647. The SMILES string of the molecule is CCCCC1NCN(CC2CCCCN2C)C1=O. The molecule has 0 aliphatic carbocycles. The van der Waals surface area contributed by atoms with Crippen LogP contribution in [0.5, 0.6) is 0 Å². The van der Waals surface area contributed by atoms with E-state index in [4.69, 9.17) is 0 Å². The molecule has 2 saturated heterocycles. The van der Waals surface area contributed by atoms with Gasteiger partial charge in [0.05, 0.1) is 12.7 Å². The lowest BCUT2D eigenvalue weighted by atomic mass is 10.0. The van der Waals surface area contributed by atoms with Crippen molar-refractivity contribution in [3.8, 4) is 0 Å². The largest absolute Gasteiger partial charge is 0.327 e. The van der Waals surface area contributed by atoms with Crippen LogP contribution in [0.2, 0.25) is 0 Å². The first kappa shape index (κ1) is 13.8. The summed E-state index contributed by atoms with van der Waals surface area (Å²) in [7, 11) is 2.19. The van der Waals surface area contributed by atoms with Crippen molar-refractivity contribution in [3.05, 3.63) is 0 Å². The van der Waals surface area contributed by atoms with Crippen molar-refractivity contribution in [2.75, 3.05) is 26.8 Å². The molecule has 0 radical (unpaired) electrons. The van der Waals surface area contributed by atoms with E-state index in [1.165, 1.54) is 25.8 Å². The molecule has 0 aromatic heterocycles. The van der Waals surface area contributed by atoms with Crippen LogP contribution in [-0.4, -0.2) is 54.6 Å². The number of likely N-dealkylation sites (N-methyl/N-ethyl adjacent to an activating group) is 1. The summed E-state index contributed by atoms with van der Waals surface area (Å²) in [6.45, 7) is 5.01. The van der Waals surface area contributed by atoms with Crippen molar-refractivity contribution in [2.45, 2.75) is 57.5 Å². The van der Waals surface area contributed by atoms with E-state index in [2.05, 4.69) is 24.2 Å². The highest BCUT2D eigenvalue weighted by molar-refractivity contribution is 5.83. The highest BCUT2D eigenvalue weighted by Gasteiger charge is 2.32. The fraction of sp³-hybridized carbons (Fsp3) is 0.929. The van der Waals surface area contributed by atoms with Gasteiger partial charge in [0.15, 0.2) is 0 Å².